The van der Waals surface area contributed by atoms with Crippen molar-refractivity contribution in [2.45, 2.75) is 51.2 Å². The minimum absolute atomic E-state index is 0.255. The van der Waals surface area contributed by atoms with Gasteiger partial charge in [0.2, 0.25) is 0 Å². The Balaban J connectivity index is 1.88. The van der Waals surface area contributed by atoms with Crippen LogP contribution in [-0.2, 0) is 4.74 Å². The molecule has 0 radical (unpaired) electrons. The number of rotatable bonds is 0. The maximum atomic E-state index is 5.89. The molecule has 0 saturated carbocycles. The summed E-state index contributed by atoms with van der Waals surface area (Å²) in [6, 6.07) is 0. The summed E-state index contributed by atoms with van der Waals surface area (Å²) in [6.07, 6.45) is 3.90. The average Bonchev–Trinajstić information content (AvgIpc) is 2.00. The Morgan fingerprint density at radius 3 is 2.31 bits per heavy atom. The number of likely N-dealkylation sites (tertiary alicyclic amines) is 1. The van der Waals surface area contributed by atoms with E-state index in [1.54, 1.807) is 0 Å². The fourth-order valence-corrected chi connectivity index (χ4v) is 2.28. The van der Waals surface area contributed by atoms with Gasteiger partial charge in [-0.1, -0.05) is 0 Å². The summed E-state index contributed by atoms with van der Waals surface area (Å²) in [6.45, 7) is 10.1. The van der Waals surface area contributed by atoms with Gasteiger partial charge in [0.25, 0.3) is 0 Å². The molecule has 0 aromatic carbocycles. The van der Waals surface area contributed by atoms with E-state index < -0.39 is 0 Å². The van der Waals surface area contributed by atoms with E-state index in [1.807, 2.05) is 0 Å². The van der Waals surface area contributed by atoms with Crippen molar-refractivity contribution in [1.82, 2.24) is 4.90 Å². The molecule has 76 valence electrons. The second kappa shape index (κ2) is 2.96. The predicted octanol–water partition coefficient (Wildman–Crippen LogP) is 2.04. The summed E-state index contributed by atoms with van der Waals surface area (Å²) in [5, 5.41) is 0. The summed E-state index contributed by atoms with van der Waals surface area (Å²) in [4.78, 5) is 2.51. The first-order chi connectivity index (χ1) is 6.02. The highest BCUT2D eigenvalue weighted by Gasteiger charge is 2.48. The van der Waals surface area contributed by atoms with Crippen molar-refractivity contribution >= 4 is 0 Å². The molecule has 0 aromatic heterocycles. The lowest BCUT2D eigenvalue weighted by molar-refractivity contribution is -0.187. The molecular weight excluding hydrogens is 162 g/mol. The van der Waals surface area contributed by atoms with Crippen molar-refractivity contribution in [3.8, 4) is 0 Å². The molecule has 2 heteroatoms. The molecule has 2 rings (SSSR count). The zero-order chi connectivity index (χ0) is 9.53. The molecule has 0 unspecified atom stereocenters. The van der Waals surface area contributed by atoms with Crippen molar-refractivity contribution in [2.24, 2.45) is 0 Å². The van der Waals surface area contributed by atoms with Crippen LogP contribution in [0.2, 0.25) is 0 Å². The van der Waals surface area contributed by atoms with Gasteiger partial charge >= 0.3 is 0 Å². The summed E-state index contributed by atoms with van der Waals surface area (Å²) < 4.78 is 5.89. The quantitative estimate of drug-likeness (QED) is 0.570. The molecule has 0 amide bonds. The van der Waals surface area contributed by atoms with E-state index in [1.165, 1.54) is 19.3 Å². The van der Waals surface area contributed by atoms with E-state index in [0.29, 0.717) is 5.54 Å². The monoisotopic (exact) mass is 183 g/mol. The number of nitrogens with zero attached hydrogens (tertiary/aromatic N) is 1. The van der Waals surface area contributed by atoms with Crippen molar-refractivity contribution in [3.05, 3.63) is 0 Å². The van der Waals surface area contributed by atoms with Crippen LogP contribution in [0.1, 0.15) is 40.0 Å². The van der Waals surface area contributed by atoms with E-state index in [2.05, 4.69) is 25.7 Å². The zero-order valence-corrected chi connectivity index (χ0v) is 9.10. The third-order valence-electron chi connectivity index (χ3n) is 3.34. The lowest BCUT2D eigenvalue weighted by Crippen LogP contribution is -2.68. The van der Waals surface area contributed by atoms with E-state index >= 15 is 0 Å². The van der Waals surface area contributed by atoms with Gasteiger partial charge in [-0.05, 0) is 40.0 Å². The maximum absolute atomic E-state index is 5.89. The Kier molecular flexibility index (Phi) is 2.16. The molecule has 0 aliphatic carbocycles. The third kappa shape index (κ3) is 1.75. The molecule has 13 heavy (non-hydrogen) atoms. The van der Waals surface area contributed by atoms with E-state index in [4.69, 9.17) is 4.74 Å². The van der Waals surface area contributed by atoms with Gasteiger partial charge < -0.3 is 4.74 Å². The Labute approximate surface area is 81.3 Å². The molecule has 2 nitrogen and oxygen atoms in total. The maximum Gasteiger partial charge on any atom is 0.0935 e. The lowest BCUT2D eigenvalue weighted by atomic mass is 9.83. The van der Waals surface area contributed by atoms with Gasteiger partial charge in [0.1, 0.15) is 0 Å². The van der Waals surface area contributed by atoms with Gasteiger partial charge in [0.05, 0.1) is 5.60 Å². The van der Waals surface area contributed by atoms with Crippen molar-refractivity contribution in [3.63, 3.8) is 0 Å². The first-order valence-electron chi connectivity index (χ1n) is 5.41. The second-order valence-corrected chi connectivity index (χ2v) is 5.52. The van der Waals surface area contributed by atoms with Gasteiger partial charge in [-0.2, -0.15) is 0 Å². The standard InChI is InChI=1S/C11H21NO/c1-10(2,3)12-8-11(9-12)6-4-5-7-13-11/h4-9H2,1-3H3. The molecule has 2 saturated heterocycles. The van der Waals surface area contributed by atoms with Crippen molar-refractivity contribution in [2.75, 3.05) is 19.7 Å². The number of hydrogen-bond acceptors (Lipinski definition) is 2. The third-order valence-corrected chi connectivity index (χ3v) is 3.34. The molecular formula is C11H21NO. The molecule has 2 heterocycles. The Morgan fingerprint density at radius 1 is 1.15 bits per heavy atom. The van der Waals surface area contributed by atoms with Gasteiger partial charge in [-0.25, -0.2) is 0 Å². The highest BCUT2D eigenvalue weighted by molar-refractivity contribution is 5.02. The highest BCUT2D eigenvalue weighted by atomic mass is 16.5. The second-order valence-electron chi connectivity index (χ2n) is 5.52. The lowest BCUT2D eigenvalue weighted by Gasteiger charge is -2.56. The van der Waals surface area contributed by atoms with Gasteiger partial charge in [-0.3, -0.25) is 4.90 Å². The molecule has 2 aliphatic heterocycles. The van der Waals surface area contributed by atoms with Gasteiger partial charge in [-0.15, -0.1) is 0 Å². The van der Waals surface area contributed by atoms with Crippen LogP contribution in [0.5, 0.6) is 0 Å². The summed E-state index contributed by atoms with van der Waals surface area (Å²) >= 11 is 0. The van der Waals surface area contributed by atoms with Crippen LogP contribution in [0.15, 0.2) is 0 Å². The predicted molar refractivity (Wildman–Crippen MR) is 53.9 cm³/mol. The van der Waals surface area contributed by atoms with Crippen LogP contribution in [0.4, 0.5) is 0 Å². The van der Waals surface area contributed by atoms with Crippen LogP contribution in [-0.4, -0.2) is 35.7 Å². The van der Waals surface area contributed by atoms with Crippen molar-refractivity contribution < 1.29 is 4.74 Å². The fourth-order valence-electron chi connectivity index (χ4n) is 2.28. The first-order valence-corrected chi connectivity index (χ1v) is 5.41. The Bertz CT molecular complexity index is 181. The first kappa shape index (κ1) is 9.47. The van der Waals surface area contributed by atoms with Gasteiger partial charge in [0, 0.05) is 25.2 Å². The minimum atomic E-state index is 0.255. The fraction of sp³-hybridized carbons (Fsp3) is 1.00. The molecule has 1 spiro atoms. The summed E-state index contributed by atoms with van der Waals surface area (Å²) in [5.74, 6) is 0. The summed E-state index contributed by atoms with van der Waals surface area (Å²) in [5.41, 5.74) is 0.581. The Hall–Kier alpha value is -0.0800. The largest absolute Gasteiger partial charge is 0.372 e. The SMILES string of the molecule is CC(C)(C)N1CC2(CCCCO2)C1. The average molecular weight is 183 g/mol. The highest BCUT2D eigenvalue weighted by Crippen LogP contribution is 2.37. The Morgan fingerprint density at radius 2 is 1.85 bits per heavy atom. The molecule has 2 aliphatic rings. The molecule has 0 bridgehead atoms. The van der Waals surface area contributed by atoms with Crippen LogP contribution in [0.3, 0.4) is 0 Å². The molecule has 0 atom stereocenters. The number of ether oxygens (including phenoxy) is 1. The minimum Gasteiger partial charge on any atom is -0.372 e. The smallest absolute Gasteiger partial charge is 0.0935 e. The summed E-state index contributed by atoms with van der Waals surface area (Å²) in [7, 11) is 0. The topological polar surface area (TPSA) is 12.5 Å². The van der Waals surface area contributed by atoms with Crippen LogP contribution < -0.4 is 0 Å². The molecule has 2 fully saturated rings. The van der Waals surface area contributed by atoms with Gasteiger partial charge in [0.15, 0.2) is 0 Å². The number of hydrogen-bond donors (Lipinski definition) is 0. The van der Waals surface area contributed by atoms with E-state index in [0.717, 1.165) is 19.7 Å². The van der Waals surface area contributed by atoms with Crippen LogP contribution in [0.25, 0.3) is 0 Å². The van der Waals surface area contributed by atoms with E-state index in [9.17, 15) is 0 Å². The van der Waals surface area contributed by atoms with E-state index in [-0.39, 0.29) is 5.60 Å². The van der Waals surface area contributed by atoms with Crippen molar-refractivity contribution in [1.29, 1.82) is 0 Å². The molecule has 0 N–H and O–H groups in total. The zero-order valence-electron chi connectivity index (χ0n) is 9.10. The van der Waals surface area contributed by atoms with Crippen LogP contribution >= 0.6 is 0 Å². The molecule has 0 aromatic rings. The van der Waals surface area contributed by atoms with Crippen LogP contribution in [0, 0.1) is 0 Å². The normalized spacial score (nSPS) is 28.8.